The second-order valence-corrected chi connectivity index (χ2v) is 27.0. The molecule has 2 bridgehead atoms. The number of carbonyl (C=O) groups is 5. The summed E-state index contributed by atoms with van der Waals surface area (Å²) in [6, 6.07) is 16.6. The number of carbonyl (C=O) groups excluding carboxylic acids is 5. The van der Waals surface area contributed by atoms with Gasteiger partial charge in [-0.15, -0.1) is 0 Å². The molecule has 3 fully saturated rings. The molecular weight excluding hydrogens is 875 g/mol. The smallest absolute Gasteiger partial charge is 0.408 e. The standard InChI is InChI=1S/C52H73NO13Si/c1-30-36(63-45(57)42(66-67(14,15)48(6,7)8)40(33-24-20-17-21-25-33)53-46(58)65-47(3,4)5)28-52(59)34(26-35(55)32-22-18-16-19-23-32)43-50(11,44(56)41(61-13)39(30)49(52,9)10)37(60-12)27-38-51(43,29-62-38)64-31(2)54/h16-25,34,36-38,40-43,59H,26-29H2,1-15H3,(H,53,58)/t34-,36-,37-,38+,40-,41+,42+,43?,50+,51-,52+/m0/s1. The van der Waals surface area contributed by atoms with E-state index in [9.17, 15) is 19.5 Å². The van der Waals surface area contributed by atoms with Crippen LogP contribution in [0.4, 0.5) is 4.79 Å². The molecule has 6 rings (SSSR count). The maximum absolute atomic E-state index is 15.9. The summed E-state index contributed by atoms with van der Waals surface area (Å²) in [5.41, 5.74) is -5.36. The molecule has 0 radical (unpaired) electrons. The van der Waals surface area contributed by atoms with Gasteiger partial charge >= 0.3 is 18.0 Å². The Morgan fingerprint density at radius 3 is 2.03 bits per heavy atom. The molecule has 1 heterocycles. The summed E-state index contributed by atoms with van der Waals surface area (Å²) in [5.74, 6) is -4.37. The number of alkyl carbamates (subject to hydrolysis) is 1. The van der Waals surface area contributed by atoms with Crippen LogP contribution in [0.1, 0.15) is 117 Å². The van der Waals surface area contributed by atoms with Gasteiger partial charge in [0, 0.05) is 63.2 Å². The van der Waals surface area contributed by atoms with Crippen molar-refractivity contribution in [2.45, 2.75) is 167 Å². The fourth-order valence-corrected chi connectivity index (χ4v) is 12.5. The molecule has 1 amide bonds. The summed E-state index contributed by atoms with van der Waals surface area (Å²) >= 11 is 0. The van der Waals surface area contributed by atoms with E-state index < -0.39 is 113 Å². The lowest BCUT2D eigenvalue weighted by molar-refractivity contribution is -0.341. The predicted octanol–water partition coefficient (Wildman–Crippen LogP) is 8.26. The molecule has 2 saturated carbocycles. The molecule has 1 unspecified atom stereocenters. The first-order valence-corrected chi connectivity index (χ1v) is 26.3. The van der Waals surface area contributed by atoms with Crippen LogP contribution in [0, 0.1) is 22.7 Å². The monoisotopic (exact) mass is 947 g/mol. The molecule has 2 N–H and O–H groups in total. The average Bonchev–Trinajstić information content (AvgIpc) is 3.23. The van der Waals surface area contributed by atoms with Gasteiger partial charge < -0.3 is 43.3 Å². The Morgan fingerprint density at radius 2 is 1.52 bits per heavy atom. The fraction of sp³-hybridized carbons (Fsp3) is 0.635. The zero-order valence-electron chi connectivity index (χ0n) is 42.1. The number of hydrogen-bond donors (Lipinski definition) is 2. The van der Waals surface area contributed by atoms with E-state index in [2.05, 4.69) is 5.32 Å². The number of ether oxygens (including phenoxy) is 6. The third-order valence-electron chi connectivity index (χ3n) is 15.7. The minimum Gasteiger partial charge on any atom is -0.456 e. The summed E-state index contributed by atoms with van der Waals surface area (Å²) in [6.07, 6.45) is -6.62. The van der Waals surface area contributed by atoms with Crippen molar-refractivity contribution < 1.29 is 61.9 Å². The van der Waals surface area contributed by atoms with Crippen LogP contribution >= 0.6 is 0 Å². The molecule has 0 spiro atoms. The predicted molar refractivity (Wildman–Crippen MR) is 252 cm³/mol. The van der Waals surface area contributed by atoms with E-state index in [-0.39, 0.29) is 31.7 Å². The normalized spacial score (nSPS) is 31.4. The Hall–Kier alpha value is -4.25. The van der Waals surface area contributed by atoms with Crippen LogP contribution < -0.4 is 5.32 Å². The lowest BCUT2D eigenvalue weighted by Gasteiger charge is -2.68. The van der Waals surface area contributed by atoms with Crippen LogP contribution in [0.15, 0.2) is 71.8 Å². The number of esters is 2. The van der Waals surface area contributed by atoms with Gasteiger partial charge in [0.05, 0.1) is 29.8 Å². The molecule has 1 aliphatic heterocycles. The number of aliphatic hydroxyl groups is 1. The van der Waals surface area contributed by atoms with Crippen molar-refractivity contribution in [3.05, 3.63) is 82.9 Å². The highest BCUT2D eigenvalue weighted by Gasteiger charge is 2.77. The third kappa shape index (κ3) is 9.32. The number of rotatable bonds is 13. The second-order valence-electron chi connectivity index (χ2n) is 22.3. The van der Waals surface area contributed by atoms with Gasteiger partial charge in [0.1, 0.15) is 23.9 Å². The highest BCUT2D eigenvalue weighted by Crippen LogP contribution is 2.67. The van der Waals surface area contributed by atoms with Gasteiger partial charge in [-0.1, -0.05) is 95.3 Å². The minimum atomic E-state index is -2.86. The van der Waals surface area contributed by atoms with E-state index in [4.69, 9.17) is 32.8 Å². The Balaban J connectivity index is 1.58. The van der Waals surface area contributed by atoms with Gasteiger partial charge in [0.15, 0.2) is 31.6 Å². The van der Waals surface area contributed by atoms with Gasteiger partial charge in [0.2, 0.25) is 0 Å². The summed E-state index contributed by atoms with van der Waals surface area (Å²) in [7, 11) is 0.0634. The van der Waals surface area contributed by atoms with Crippen LogP contribution in [0.25, 0.3) is 0 Å². The first-order chi connectivity index (χ1) is 31.0. The maximum Gasteiger partial charge on any atom is 0.408 e. The van der Waals surface area contributed by atoms with Crippen molar-refractivity contribution in [2.24, 2.45) is 22.7 Å². The molecule has 0 aromatic heterocycles. The van der Waals surface area contributed by atoms with Crippen LogP contribution in [-0.2, 0) is 47.2 Å². The Bertz CT molecular complexity index is 2230. The molecule has 67 heavy (non-hydrogen) atoms. The molecule has 2 aromatic rings. The van der Waals surface area contributed by atoms with Crippen molar-refractivity contribution in [1.82, 2.24) is 5.32 Å². The molecule has 11 atom stereocenters. The summed E-state index contributed by atoms with van der Waals surface area (Å²) in [4.78, 5) is 72.9. The Kier molecular flexibility index (Phi) is 14.5. The third-order valence-corrected chi connectivity index (χ3v) is 20.2. The van der Waals surface area contributed by atoms with Gasteiger partial charge in [-0.2, -0.15) is 0 Å². The van der Waals surface area contributed by atoms with Crippen LogP contribution in [0.3, 0.4) is 0 Å². The van der Waals surface area contributed by atoms with E-state index in [1.165, 1.54) is 21.1 Å². The number of amides is 1. The number of Topliss-reactive ketones (excluding diaryl/α,β-unsaturated/α-hetero) is 2. The van der Waals surface area contributed by atoms with Crippen molar-refractivity contribution in [2.75, 3.05) is 20.8 Å². The molecule has 1 saturated heterocycles. The molecule has 15 heteroatoms. The molecule has 2 aromatic carbocycles. The fourth-order valence-electron chi connectivity index (χ4n) is 11.3. The lowest BCUT2D eigenvalue weighted by atomic mass is 9.41. The van der Waals surface area contributed by atoms with E-state index in [0.717, 1.165) is 0 Å². The maximum atomic E-state index is 15.9. The van der Waals surface area contributed by atoms with Crippen LogP contribution in [-0.4, -0.2) is 111 Å². The molecule has 368 valence electrons. The topological polar surface area (TPSA) is 182 Å². The van der Waals surface area contributed by atoms with Gasteiger partial charge in [-0.3, -0.25) is 14.4 Å². The lowest BCUT2D eigenvalue weighted by Crippen LogP contribution is -2.80. The zero-order chi connectivity index (χ0) is 49.9. The molecule has 14 nitrogen and oxygen atoms in total. The molecule has 4 aliphatic rings. The van der Waals surface area contributed by atoms with Crippen molar-refractivity contribution in [1.29, 1.82) is 0 Å². The quantitative estimate of drug-likeness (QED) is 0.0645. The van der Waals surface area contributed by atoms with Crippen molar-refractivity contribution >= 4 is 37.9 Å². The summed E-state index contributed by atoms with van der Waals surface area (Å²) < 4.78 is 44.3. The highest BCUT2D eigenvalue weighted by molar-refractivity contribution is 6.74. The highest BCUT2D eigenvalue weighted by atomic mass is 28.4. The zero-order valence-corrected chi connectivity index (χ0v) is 43.1. The first kappa shape index (κ1) is 52.1. The number of hydrogen-bond acceptors (Lipinski definition) is 13. The number of benzene rings is 2. The number of nitrogens with one attached hydrogen (secondary N) is 1. The second kappa shape index (κ2) is 18.6. The van der Waals surface area contributed by atoms with Gasteiger partial charge in [0.25, 0.3) is 0 Å². The van der Waals surface area contributed by atoms with Crippen LogP contribution in [0.5, 0.6) is 0 Å². The van der Waals surface area contributed by atoms with Crippen LogP contribution in [0.2, 0.25) is 18.1 Å². The molecular formula is C52H73NO13Si. The van der Waals surface area contributed by atoms with Crippen molar-refractivity contribution in [3.63, 3.8) is 0 Å². The number of methoxy groups -OCH3 is 2. The Morgan fingerprint density at radius 1 is 0.925 bits per heavy atom. The summed E-state index contributed by atoms with van der Waals surface area (Å²) in [5, 5.41) is 16.7. The number of ketones is 2. The average molecular weight is 948 g/mol. The van der Waals surface area contributed by atoms with E-state index >= 15 is 9.59 Å². The molecule has 3 aliphatic carbocycles. The van der Waals surface area contributed by atoms with E-state index in [1.807, 2.05) is 53.8 Å². The van der Waals surface area contributed by atoms with E-state index in [0.29, 0.717) is 22.3 Å². The van der Waals surface area contributed by atoms with Gasteiger partial charge in [-0.25, -0.2) is 9.59 Å². The number of fused-ring (bicyclic) bond motifs is 5. The Labute approximate surface area is 397 Å². The first-order valence-electron chi connectivity index (χ1n) is 23.4. The van der Waals surface area contributed by atoms with Gasteiger partial charge in [-0.05, 0) is 69.5 Å². The SMILES string of the molecule is CO[C@H]1C(=O)[C@@]2(C)C([C@H](CC(=O)c3ccccc3)[C@]3(O)C[C@H](OC(=O)[C@H](O[Si](C)(C)C(C)(C)C)[C@@H](NC(=O)OC(C)(C)C)c4ccccc4)C(C)=C1C3(C)C)[C@]1(OC(C)=O)CO[C@@H]1C[C@@H]2OC. The largest absolute Gasteiger partial charge is 0.456 e. The van der Waals surface area contributed by atoms with E-state index in [1.54, 1.807) is 89.2 Å². The van der Waals surface area contributed by atoms with Crippen molar-refractivity contribution in [3.8, 4) is 0 Å². The minimum absolute atomic E-state index is 0.0937. The summed E-state index contributed by atoms with van der Waals surface area (Å²) in [6.45, 7) is 23.7.